The van der Waals surface area contributed by atoms with Crippen molar-refractivity contribution >= 4 is 22.8 Å². The van der Waals surface area contributed by atoms with Crippen LogP contribution in [-0.4, -0.2) is 12.6 Å². The highest BCUT2D eigenvalue weighted by atomic mass is 16.5. The normalized spacial score (nSPS) is 10.9. The van der Waals surface area contributed by atoms with Crippen LogP contribution in [0.4, 0.5) is 0 Å². The molecular weight excluding hydrogens is 312 g/mol. The van der Waals surface area contributed by atoms with Gasteiger partial charge < -0.3 is 9.47 Å². The van der Waals surface area contributed by atoms with Gasteiger partial charge in [-0.2, -0.15) is 0 Å². The lowest BCUT2D eigenvalue weighted by Gasteiger charge is -2.08. The molecule has 0 bridgehead atoms. The number of carbonyl (C=O) groups is 1. The number of ether oxygens (including phenoxy) is 2. The van der Waals surface area contributed by atoms with E-state index in [1.165, 1.54) is 6.08 Å². The van der Waals surface area contributed by atoms with E-state index in [1.807, 2.05) is 66.7 Å². The van der Waals surface area contributed by atoms with E-state index in [0.29, 0.717) is 13.2 Å². The van der Waals surface area contributed by atoms with E-state index in [1.54, 1.807) is 13.0 Å². The summed E-state index contributed by atoms with van der Waals surface area (Å²) < 4.78 is 10.7. The van der Waals surface area contributed by atoms with Gasteiger partial charge in [-0.3, -0.25) is 0 Å². The predicted molar refractivity (Wildman–Crippen MR) is 100 cm³/mol. The van der Waals surface area contributed by atoms with E-state index < -0.39 is 0 Å². The number of benzene rings is 3. The Morgan fingerprint density at radius 3 is 2.52 bits per heavy atom. The molecule has 25 heavy (non-hydrogen) atoms. The zero-order valence-electron chi connectivity index (χ0n) is 14.1. The summed E-state index contributed by atoms with van der Waals surface area (Å²) in [5.74, 6) is 0.512. The standard InChI is InChI=1S/C22H20O3/c1-2-24-22(23)13-9-17-8-10-20-15-21(12-11-19(20)14-17)25-16-18-6-4-3-5-7-18/h3-15H,2,16H2,1H3. The number of hydrogen-bond donors (Lipinski definition) is 0. The van der Waals surface area contributed by atoms with Crippen LogP contribution in [0.15, 0.2) is 72.8 Å². The lowest BCUT2D eigenvalue weighted by Crippen LogP contribution is -1.98. The maximum Gasteiger partial charge on any atom is 0.330 e. The highest BCUT2D eigenvalue weighted by molar-refractivity contribution is 5.90. The van der Waals surface area contributed by atoms with Crippen LogP contribution in [0, 0.1) is 0 Å². The van der Waals surface area contributed by atoms with Crippen molar-refractivity contribution in [3.05, 3.63) is 83.9 Å². The Balaban J connectivity index is 1.71. The zero-order chi connectivity index (χ0) is 17.5. The first kappa shape index (κ1) is 16.8. The van der Waals surface area contributed by atoms with Crippen molar-refractivity contribution in [2.75, 3.05) is 6.61 Å². The Bertz CT molecular complexity index is 882. The van der Waals surface area contributed by atoms with Crippen LogP contribution >= 0.6 is 0 Å². The van der Waals surface area contributed by atoms with Gasteiger partial charge in [0.2, 0.25) is 0 Å². The van der Waals surface area contributed by atoms with Gasteiger partial charge in [-0.15, -0.1) is 0 Å². The van der Waals surface area contributed by atoms with E-state index in [4.69, 9.17) is 9.47 Å². The second kappa shape index (κ2) is 8.15. The van der Waals surface area contributed by atoms with Crippen molar-refractivity contribution in [2.24, 2.45) is 0 Å². The van der Waals surface area contributed by atoms with Gasteiger partial charge in [0.1, 0.15) is 12.4 Å². The van der Waals surface area contributed by atoms with Gasteiger partial charge in [-0.05, 0) is 53.1 Å². The molecule has 0 N–H and O–H groups in total. The first-order valence-electron chi connectivity index (χ1n) is 8.30. The maximum absolute atomic E-state index is 11.4. The third kappa shape index (κ3) is 4.70. The quantitative estimate of drug-likeness (QED) is 0.471. The first-order chi connectivity index (χ1) is 12.2. The van der Waals surface area contributed by atoms with E-state index in [9.17, 15) is 4.79 Å². The Hall–Kier alpha value is -3.07. The number of esters is 1. The highest BCUT2D eigenvalue weighted by Gasteiger charge is 2.00. The summed E-state index contributed by atoms with van der Waals surface area (Å²) in [4.78, 5) is 11.4. The molecule has 3 heteroatoms. The van der Waals surface area contributed by atoms with Gasteiger partial charge in [0, 0.05) is 6.08 Å². The van der Waals surface area contributed by atoms with E-state index >= 15 is 0 Å². The second-order valence-electron chi connectivity index (χ2n) is 5.63. The summed E-state index contributed by atoms with van der Waals surface area (Å²) in [6.07, 6.45) is 3.21. The second-order valence-corrected chi connectivity index (χ2v) is 5.63. The van der Waals surface area contributed by atoms with Crippen LogP contribution in [0.3, 0.4) is 0 Å². The van der Waals surface area contributed by atoms with Crippen molar-refractivity contribution in [2.45, 2.75) is 13.5 Å². The summed E-state index contributed by atoms with van der Waals surface area (Å²) in [5, 5.41) is 2.19. The minimum absolute atomic E-state index is 0.327. The van der Waals surface area contributed by atoms with E-state index in [-0.39, 0.29) is 5.97 Å². The lowest BCUT2D eigenvalue weighted by molar-refractivity contribution is -0.137. The monoisotopic (exact) mass is 332 g/mol. The number of fused-ring (bicyclic) bond motifs is 1. The molecule has 3 nitrogen and oxygen atoms in total. The minimum atomic E-state index is -0.327. The summed E-state index contributed by atoms with van der Waals surface area (Å²) >= 11 is 0. The van der Waals surface area contributed by atoms with Crippen LogP contribution in [0.5, 0.6) is 5.75 Å². The molecule has 0 amide bonds. The number of rotatable bonds is 6. The third-order valence-corrected chi connectivity index (χ3v) is 3.78. The van der Waals surface area contributed by atoms with Crippen LogP contribution in [0.1, 0.15) is 18.1 Å². The van der Waals surface area contributed by atoms with Crippen molar-refractivity contribution < 1.29 is 14.3 Å². The Kier molecular flexibility index (Phi) is 5.47. The average Bonchev–Trinajstić information content (AvgIpc) is 2.65. The Morgan fingerprint density at radius 1 is 0.960 bits per heavy atom. The minimum Gasteiger partial charge on any atom is -0.489 e. The fraction of sp³-hybridized carbons (Fsp3) is 0.136. The molecule has 0 aliphatic carbocycles. The van der Waals surface area contributed by atoms with Gasteiger partial charge in [0.05, 0.1) is 6.61 Å². The summed E-state index contributed by atoms with van der Waals surface area (Å²) in [7, 11) is 0. The van der Waals surface area contributed by atoms with Gasteiger partial charge in [0.25, 0.3) is 0 Å². The summed E-state index contributed by atoms with van der Waals surface area (Å²) in [5.41, 5.74) is 2.10. The van der Waals surface area contributed by atoms with Crippen LogP contribution in [0.2, 0.25) is 0 Å². The molecule has 0 aromatic heterocycles. The first-order valence-corrected chi connectivity index (χ1v) is 8.30. The molecule has 0 saturated heterocycles. The molecule has 0 aliphatic rings. The van der Waals surface area contributed by atoms with Crippen molar-refractivity contribution in [1.82, 2.24) is 0 Å². The highest BCUT2D eigenvalue weighted by Crippen LogP contribution is 2.23. The Labute approximate surface area is 147 Å². The third-order valence-electron chi connectivity index (χ3n) is 3.78. The largest absolute Gasteiger partial charge is 0.489 e. The van der Waals surface area contributed by atoms with Crippen molar-refractivity contribution in [1.29, 1.82) is 0 Å². The molecule has 126 valence electrons. The lowest BCUT2D eigenvalue weighted by atomic mass is 10.1. The van der Waals surface area contributed by atoms with Crippen LogP contribution in [0.25, 0.3) is 16.8 Å². The fourth-order valence-corrected chi connectivity index (χ4v) is 2.53. The fourth-order valence-electron chi connectivity index (χ4n) is 2.53. The molecular formula is C22H20O3. The molecule has 0 radical (unpaired) electrons. The molecule has 0 unspecified atom stereocenters. The summed E-state index contributed by atoms with van der Waals surface area (Å²) in [6.45, 7) is 2.72. The topological polar surface area (TPSA) is 35.5 Å². The van der Waals surface area contributed by atoms with Crippen LogP contribution < -0.4 is 4.74 Å². The molecule has 3 rings (SSSR count). The molecule has 0 spiro atoms. The van der Waals surface area contributed by atoms with E-state index in [0.717, 1.165) is 27.6 Å². The smallest absolute Gasteiger partial charge is 0.330 e. The molecule has 3 aromatic rings. The SMILES string of the molecule is CCOC(=O)C=Cc1ccc2cc(OCc3ccccc3)ccc2c1. The maximum atomic E-state index is 11.4. The van der Waals surface area contributed by atoms with Gasteiger partial charge in [-0.1, -0.05) is 48.5 Å². The molecule has 0 saturated carbocycles. The van der Waals surface area contributed by atoms with Gasteiger partial charge in [-0.25, -0.2) is 4.79 Å². The zero-order valence-corrected chi connectivity index (χ0v) is 14.1. The average molecular weight is 332 g/mol. The molecule has 0 aliphatic heterocycles. The molecule has 3 aromatic carbocycles. The number of carbonyl (C=O) groups excluding carboxylic acids is 1. The predicted octanol–water partition coefficient (Wildman–Crippen LogP) is 5.00. The summed E-state index contributed by atoms with van der Waals surface area (Å²) in [6, 6.07) is 22.1. The molecule has 0 fully saturated rings. The molecule has 0 atom stereocenters. The molecule has 0 heterocycles. The van der Waals surface area contributed by atoms with Crippen molar-refractivity contribution in [3.8, 4) is 5.75 Å². The van der Waals surface area contributed by atoms with E-state index in [2.05, 4.69) is 0 Å². The Morgan fingerprint density at radius 2 is 1.72 bits per heavy atom. The van der Waals surface area contributed by atoms with Gasteiger partial charge in [0.15, 0.2) is 0 Å². The van der Waals surface area contributed by atoms with Crippen molar-refractivity contribution in [3.63, 3.8) is 0 Å². The van der Waals surface area contributed by atoms with Crippen LogP contribution in [-0.2, 0) is 16.1 Å². The number of hydrogen-bond acceptors (Lipinski definition) is 3. The van der Waals surface area contributed by atoms with Gasteiger partial charge >= 0.3 is 5.97 Å².